The van der Waals surface area contributed by atoms with E-state index in [1.165, 1.54) is 0 Å². The first-order valence-corrected chi connectivity index (χ1v) is 11.8. The molecule has 1 heterocycles. The number of hydrogen-bond acceptors (Lipinski definition) is 5. The molecule has 0 aromatic carbocycles. The van der Waals surface area contributed by atoms with E-state index in [1.54, 1.807) is 0 Å². The summed E-state index contributed by atoms with van der Waals surface area (Å²) < 4.78 is 85.3. The first kappa shape index (κ1) is 23.9. The highest BCUT2D eigenvalue weighted by molar-refractivity contribution is 7.90. The van der Waals surface area contributed by atoms with Gasteiger partial charge in [-0.25, -0.2) is 21.6 Å². The van der Waals surface area contributed by atoms with Crippen molar-refractivity contribution in [3.05, 3.63) is 0 Å². The molecule has 0 radical (unpaired) electrons. The zero-order chi connectivity index (χ0) is 20.7. The first-order chi connectivity index (χ1) is 12.4. The minimum Gasteiger partial charge on any atom is -0.357 e. The van der Waals surface area contributed by atoms with Crippen LogP contribution in [-0.4, -0.2) is 77.6 Å². The molecule has 0 aliphatic carbocycles. The molecule has 0 atom stereocenters. The van der Waals surface area contributed by atoms with Crippen LogP contribution in [0.2, 0.25) is 0 Å². The molecule has 0 bridgehead atoms. The van der Waals surface area contributed by atoms with Crippen molar-refractivity contribution in [3.63, 3.8) is 0 Å². The molecule has 0 aromatic rings. The number of nitrogens with zero attached hydrogens (tertiary/aromatic N) is 2. The molecule has 0 unspecified atom stereocenters. The molecule has 0 spiro atoms. The summed E-state index contributed by atoms with van der Waals surface area (Å²) in [5.74, 6) is 0.453. The van der Waals surface area contributed by atoms with Gasteiger partial charge in [0.1, 0.15) is 0 Å². The van der Waals surface area contributed by atoms with Crippen LogP contribution < -0.4 is 15.4 Å². The van der Waals surface area contributed by atoms with Gasteiger partial charge in [-0.05, 0) is 26.2 Å². The Bertz CT molecular complexity index is 702. The van der Waals surface area contributed by atoms with Crippen LogP contribution in [0.1, 0.15) is 26.2 Å². The number of aliphatic imine (C=N–C) groups is 1. The molecule has 27 heavy (non-hydrogen) atoms. The van der Waals surface area contributed by atoms with Crippen LogP contribution in [0.4, 0.5) is 13.2 Å². The Morgan fingerprint density at radius 2 is 1.78 bits per heavy atom. The molecular formula is C13H26F3N5O4S2. The van der Waals surface area contributed by atoms with Crippen LogP contribution in [-0.2, 0) is 20.0 Å². The first-order valence-electron chi connectivity index (χ1n) is 8.42. The molecule has 1 rings (SSSR count). The smallest absolute Gasteiger partial charge is 0.357 e. The number of halogens is 3. The number of nitrogens with one attached hydrogen (secondary N) is 3. The maximum absolute atomic E-state index is 12.6. The largest absolute Gasteiger partial charge is 0.511 e. The Morgan fingerprint density at radius 3 is 2.26 bits per heavy atom. The lowest BCUT2D eigenvalue weighted by molar-refractivity contribution is -0.0494. The van der Waals surface area contributed by atoms with E-state index in [-0.39, 0.29) is 38.5 Å². The number of rotatable bonds is 8. The number of hydrogen-bond donors (Lipinski definition) is 3. The lowest BCUT2D eigenvalue weighted by Gasteiger charge is -2.32. The lowest BCUT2D eigenvalue weighted by Crippen LogP contribution is -2.51. The van der Waals surface area contributed by atoms with Gasteiger partial charge in [-0.15, -0.1) is 0 Å². The van der Waals surface area contributed by atoms with E-state index in [0.29, 0.717) is 29.8 Å². The molecule has 0 aromatic heterocycles. The monoisotopic (exact) mass is 437 g/mol. The minimum atomic E-state index is -5.29. The van der Waals surface area contributed by atoms with Crippen LogP contribution in [0.3, 0.4) is 0 Å². The van der Waals surface area contributed by atoms with Crippen molar-refractivity contribution in [2.75, 3.05) is 39.0 Å². The van der Waals surface area contributed by atoms with Gasteiger partial charge in [-0.1, -0.05) is 0 Å². The van der Waals surface area contributed by atoms with Crippen molar-refractivity contribution in [1.82, 2.24) is 19.7 Å². The Hall–Kier alpha value is -1.12. The van der Waals surface area contributed by atoms with Gasteiger partial charge in [-0.2, -0.15) is 17.5 Å². The highest BCUT2D eigenvalue weighted by Crippen LogP contribution is 2.28. The molecular weight excluding hydrogens is 411 g/mol. The standard InChI is InChI=1S/C13H26F3N5O4S2/c1-3-17-12(18-7-4-8-19-26(2,22)23)20-11-5-9-21(10-6-11)27(24,25)13(14,15)16/h11,19H,3-10H2,1-2H3,(H2,17,18,20). The SMILES string of the molecule is CCNC(=NCCCNS(C)(=O)=O)NC1CCN(S(=O)(=O)C(F)(F)F)CC1. The van der Waals surface area contributed by atoms with E-state index < -0.39 is 25.6 Å². The van der Waals surface area contributed by atoms with Crippen molar-refractivity contribution < 1.29 is 30.0 Å². The molecule has 1 aliphatic heterocycles. The van der Waals surface area contributed by atoms with Crippen LogP contribution in [0.15, 0.2) is 4.99 Å². The lowest BCUT2D eigenvalue weighted by atomic mass is 10.1. The van der Waals surface area contributed by atoms with E-state index in [2.05, 4.69) is 20.3 Å². The summed E-state index contributed by atoms with van der Waals surface area (Å²) in [5.41, 5.74) is -5.29. The average Bonchev–Trinajstić information content (AvgIpc) is 2.53. The summed E-state index contributed by atoms with van der Waals surface area (Å²) in [6, 6.07) is -0.211. The van der Waals surface area contributed by atoms with Gasteiger partial charge in [0.25, 0.3) is 0 Å². The topological polar surface area (TPSA) is 120 Å². The van der Waals surface area contributed by atoms with Crippen molar-refractivity contribution in [3.8, 4) is 0 Å². The second-order valence-electron chi connectivity index (χ2n) is 6.05. The molecule has 0 saturated carbocycles. The van der Waals surface area contributed by atoms with Crippen LogP contribution in [0.25, 0.3) is 0 Å². The van der Waals surface area contributed by atoms with Crippen molar-refractivity contribution in [2.24, 2.45) is 4.99 Å². The normalized spacial score (nSPS) is 18.5. The third kappa shape index (κ3) is 8.19. The Kier molecular flexibility index (Phi) is 8.76. The number of alkyl halides is 3. The van der Waals surface area contributed by atoms with Crippen molar-refractivity contribution in [1.29, 1.82) is 0 Å². The van der Waals surface area contributed by atoms with E-state index >= 15 is 0 Å². The fourth-order valence-electron chi connectivity index (χ4n) is 2.43. The van der Waals surface area contributed by atoms with E-state index in [9.17, 15) is 30.0 Å². The van der Waals surface area contributed by atoms with Gasteiger partial charge < -0.3 is 10.6 Å². The van der Waals surface area contributed by atoms with Crippen LogP contribution >= 0.6 is 0 Å². The summed E-state index contributed by atoms with van der Waals surface area (Å²) in [7, 11) is -8.54. The third-order valence-corrected chi connectivity index (χ3v) is 6.10. The molecule has 3 N–H and O–H groups in total. The molecule has 0 amide bonds. The van der Waals surface area contributed by atoms with Gasteiger partial charge in [0.05, 0.1) is 6.26 Å². The van der Waals surface area contributed by atoms with Crippen LogP contribution in [0, 0.1) is 0 Å². The quantitative estimate of drug-likeness (QED) is 0.275. The average molecular weight is 438 g/mol. The van der Waals surface area contributed by atoms with Gasteiger partial charge in [0.15, 0.2) is 5.96 Å². The predicted molar refractivity (Wildman–Crippen MR) is 96.1 cm³/mol. The van der Waals surface area contributed by atoms with Gasteiger partial charge in [-0.3, -0.25) is 4.99 Å². The molecule has 1 fully saturated rings. The number of piperidine rings is 1. The van der Waals surface area contributed by atoms with Crippen LogP contribution in [0.5, 0.6) is 0 Å². The van der Waals surface area contributed by atoms with Gasteiger partial charge in [0, 0.05) is 38.8 Å². The number of guanidine groups is 1. The maximum Gasteiger partial charge on any atom is 0.511 e. The maximum atomic E-state index is 12.6. The molecule has 14 heteroatoms. The second kappa shape index (κ2) is 9.89. The fourth-order valence-corrected chi connectivity index (χ4v) is 3.93. The zero-order valence-corrected chi connectivity index (χ0v) is 16.8. The summed E-state index contributed by atoms with van der Waals surface area (Å²) in [4.78, 5) is 4.28. The Balaban J connectivity index is 2.51. The van der Waals surface area contributed by atoms with Gasteiger partial charge >= 0.3 is 15.5 Å². The minimum absolute atomic E-state index is 0.211. The van der Waals surface area contributed by atoms with Crippen molar-refractivity contribution in [2.45, 2.75) is 37.7 Å². The summed E-state index contributed by atoms with van der Waals surface area (Å²) in [6.07, 6.45) is 1.98. The number of sulfonamides is 2. The Morgan fingerprint density at radius 1 is 1.19 bits per heavy atom. The van der Waals surface area contributed by atoms with E-state index in [0.717, 1.165) is 6.26 Å². The predicted octanol–water partition coefficient (Wildman–Crippen LogP) is -0.205. The summed E-state index contributed by atoms with van der Waals surface area (Å²) >= 11 is 0. The Labute approximate surface area is 157 Å². The van der Waals surface area contributed by atoms with Crippen molar-refractivity contribution >= 4 is 26.0 Å². The molecule has 160 valence electrons. The van der Waals surface area contributed by atoms with Gasteiger partial charge in [0.2, 0.25) is 10.0 Å². The summed E-state index contributed by atoms with van der Waals surface area (Å²) in [6.45, 7) is 2.55. The third-order valence-electron chi connectivity index (χ3n) is 3.74. The second-order valence-corrected chi connectivity index (χ2v) is 9.81. The zero-order valence-electron chi connectivity index (χ0n) is 15.2. The summed E-state index contributed by atoms with van der Waals surface area (Å²) in [5, 5.41) is 6.06. The fraction of sp³-hybridized carbons (Fsp3) is 0.923. The molecule has 9 nitrogen and oxygen atoms in total. The highest BCUT2D eigenvalue weighted by Gasteiger charge is 2.50. The van der Waals surface area contributed by atoms with E-state index in [1.807, 2.05) is 6.92 Å². The molecule has 1 aliphatic rings. The molecule has 1 saturated heterocycles. The van der Waals surface area contributed by atoms with E-state index in [4.69, 9.17) is 0 Å². The highest BCUT2D eigenvalue weighted by atomic mass is 32.2.